The van der Waals surface area contributed by atoms with Crippen LogP contribution in [0.2, 0.25) is 0 Å². The van der Waals surface area contributed by atoms with Gasteiger partial charge in [-0.3, -0.25) is 0 Å². The monoisotopic (exact) mass is 334 g/mol. The quantitative estimate of drug-likeness (QED) is 0.664. The number of nitriles is 1. The lowest BCUT2D eigenvalue weighted by Gasteiger charge is -2.09. The molecule has 0 unspecified atom stereocenters. The average molecular weight is 335 g/mol. The highest BCUT2D eigenvalue weighted by Crippen LogP contribution is 2.28. The van der Waals surface area contributed by atoms with Crippen molar-refractivity contribution in [3.05, 3.63) is 69.7 Å². The van der Waals surface area contributed by atoms with Crippen LogP contribution in [-0.4, -0.2) is 0 Å². The Morgan fingerprint density at radius 1 is 1.10 bits per heavy atom. The summed E-state index contributed by atoms with van der Waals surface area (Å²) in [5, 5.41) is 9.21. The van der Waals surface area contributed by atoms with Gasteiger partial charge in [-0.1, -0.05) is 46.3 Å². The van der Waals surface area contributed by atoms with E-state index in [2.05, 4.69) is 15.9 Å². The van der Waals surface area contributed by atoms with Gasteiger partial charge in [-0.15, -0.1) is 0 Å². The molecular weight excluding hydrogens is 326 g/mol. The molecule has 0 radical (unpaired) electrons. The van der Waals surface area contributed by atoms with Crippen molar-refractivity contribution in [1.29, 1.82) is 5.26 Å². The molecule has 0 bridgehead atoms. The molecule has 0 aromatic heterocycles. The van der Waals surface area contributed by atoms with Gasteiger partial charge in [0, 0.05) is 4.47 Å². The van der Waals surface area contributed by atoms with E-state index in [0.29, 0.717) is 5.56 Å². The fourth-order valence-corrected chi connectivity index (χ4v) is 2.21. The summed E-state index contributed by atoms with van der Waals surface area (Å²) in [6.45, 7) is 0. The predicted octanol–water partition coefficient (Wildman–Crippen LogP) is 4.08. The van der Waals surface area contributed by atoms with Crippen LogP contribution < -0.4 is 5.73 Å². The Labute approximate surface area is 123 Å². The van der Waals surface area contributed by atoms with Gasteiger partial charge in [0.1, 0.15) is 17.7 Å². The average Bonchev–Trinajstić information content (AvgIpc) is 2.39. The third-order valence-corrected chi connectivity index (χ3v) is 3.18. The summed E-state index contributed by atoms with van der Waals surface area (Å²) >= 11 is 2.99. The summed E-state index contributed by atoms with van der Waals surface area (Å²) in [4.78, 5) is 0. The summed E-state index contributed by atoms with van der Waals surface area (Å²) in [7, 11) is 0. The lowest BCUT2D eigenvalue weighted by Crippen LogP contribution is -2.06. The highest BCUT2D eigenvalue weighted by atomic mass is 79.9. The van der Waals surface area contributed by atoms with Crippen molar-refractivity contribution in [2.24, 2.45) is 5.73 Å². The highest BCUT2D eigenvalue weighted by Gasteiger charge is 2.17. The van der Waals surface area contributed by atoms with Gasteiger partial charge >= 0.3 is 0 Å². The molecule has 2 N–H and O–H groups in total. The van der Waals surface area contributed by atoms with Crippen LogP contribution in [0.1, 0.15) is 11.1 Å². The van der Waals surface area contributed by atoms with Gasteiger partial charge in [0.25, 0.3) is 0 Å². The molecule has 0 spiro atoms. The van der Waals surface area contributed by atoms with Crippen LogP contribution in [0.15, 0.2) is 46.9 Å². The van der Waals surface area contributed by atoms with Gasteiger partial charge in [-0.25, -0.2) is 8.78 Å². The minimum absolute atomic E-state index is 0.0331. The van der Waals surface area contributed by atoms with Crippen LogP contribution in [0.4, 0.5) is 8.78 Å². The normalized spacial score (nSPS) is 11.7. The third kappa shape index (κ3) is 2.70. The Hall–Kier alpha value is -2.19. The summed E-state index contributed by atoms with van der Waals surface area (Å²) < 4.78 is 28.0. The topological polar surface area (TPSA) is 49.8 Å². The molecule has 20 heavy (non-hydrogen) atoms. The van der Waals surface area contributed by atoms with Crippen LogP contribution in [0.5, 0.6) is 0 Å². The van der Waals surface area contributed by atoms with Crippen LogP contribution >= 0.6 is 15.9 Å². The van der Waals surface area contributed by atoms with E-state index in [-0.39, 0.29) is 15.7 Å². The van der Waals surface area contributed by atoms with Gasteiger partial charge in [0.2, 0.25) is 0 Å². The van der Waals surface area contributed by atoms with Crippen molar-refractivity contribution in [3.63, 3.8) is 0 Å². The molecule has 0 aliphatic carbocycles. The number of nitrogens with zero attached hydrogens (tertiary/aromatic N) is 1. The number of rotatable bonds is 2. The first-order valence-corrected chi connectivity index (χ1v) is 6.44. The molecule has 5 heteroatoms. The van der Waals surface area contributed by atoms with Crippen molar-refractivity contribution in [1.82, 2.24) is 0 Å². The Balaban J connectivity index is 2.68. The Morgan fingerprint density at radius 3 is 2.15 bits per heavy atom. The first-order valence-electron chi connectivity index (χ1n) is 5.64. The summed E-state index contributed by atoms with van der Waals surface area (Å²) in [6.07, 6.45) is 0. The SMILES string of the molecule is N#C/C(=C(/N)c1c(F)cc(Br)cc1F)c1ccccc1. The van der Waals surface area contributed by atoms with Crippen molar-refractivity contribution in [3.8, 4) is 6.07 Å². The van der Waals surface area contributed by atoms with Crippen molar-refractivity contribution in [2.45, 2.75) is 0 Å². The number of benzene rings is 2. The lowest BCUT2D eigenvalue weighted by atomic mass is 10.0. The minimum atomic E-state index is -0.821. The molecule has 2 nitrogen and oxygen atoms in total. The summed E-state index contributed by atoms with van der Waals surface area (Å²) in [6, 6.07) is 12.6. The predicted molar refractivity (Wildman–Crippen MR) is 77.1 cm³/mol. The van der Waals surface area contributed by atoms with Crippen molar-refractivity contribution in [2.75, 3.05) is 0 Å². The van der Waals surface area contributed by atoms with E-state index in [9.17, 15) is 14.0 Å². The maximum absolute atomic E-state index is 13.9. The van der Waals surface area contributed by atoms with Gasteiger partial charge in [-0.2, -0.15) is 5.26 Å². The zero-order valence-corrected chi connectivity index (χ0v) is 11.8. The fourth-order valence-electron chi connectivity index (χ4n) is 1.81. The first-order chi connectivity index (χ1) is 9.54. The van der Waals surface area contributed by atoms with E-state index < -0.39 is 17.2 Å². The number of halogens is 3. The third-order valence-electron chi connectivity index (χ3n) is 2.72. The van der Waals surface area contributed by atoms with Crippen molar-refractivity contribution < 1.29 is 8.78 Å². The van der Waals surface area contributed by atoms with Gasteiger partial charge in [0.15, 0.2) is 0 Å². The van der Waals surface area contributed by atoms with Crippen LogP contribution in [-0.2, 0) is 0 Å². The van der Waals surface area contributed by atoms with E-state index in [4.69, 9.17) is 5.73 Å². The molecule has 0 fully saturated rings. The fraction of sp³-hybridized carbons (Fsp3) is 0. The Kier molecular flexibility index (Phi) is 4.16. The van der Waals surface area contributed by atoms with E-state index >= 15 is 0 Å². The standard InChI is InChI=1S/C15H9BrF2N2/c16-10-6-12(17)14(13(18)7-10)15(20)11(8-19)9-4-2-1-3-5-9/h1-7H,20H2/b15-11-. The zero-order valence-electron chi connectivity index (χ0n) is 10.2. The molecule has 2 aromatic rings. The second-order valence-corrected chi connectivity index (χ2v) is 4.93. The summed E-state index contributed by atoms with van der Waals surface area (Å²) in [5.74, 6) is -1.64. The molecule has 0 aliphatic rings. The Morgan fingerprint density at radius 2 is 1.65 bits per heavy atom. The van der Waals surface area contributed by atoms with Crippen molar-refractivity contribution >= 4 is 27.2 Å². The van der Waals surface area contributed by atoms with Crippen LogP contribution in [0.25, 0.3) is 11.3 Å². The van der Waals surface area contributed by atoms with E-state index in [0.717, 1.165) is 12.1 Å². The zero-order chi connectivity index (χ0) is 14.7. The molecule has 0 amide bonds. The molecule has 2 aromatic carbocycles. The molecule has 100 valence electrons. The largest absolute Gasteiger partial charge is 0.397 e. The number of hydrogen-bond donors (Lipinski definition) is 1. The maximum Gasteiger partial charge on any atom is 0.136 e. The molecule has 0 atom stereocenters. The molecule has 0 heterocycles. The van der Waals surface area contributed by atoms with Crippen LogP contribution in [0.3, 0.4) is 0 Å². The van der Waals surface area contributed by atoms with E-state index in [1.165, 1.54) is 0 Å². The Bertz CT molecular complexity index is 695. The second-order valence-electron chi connectivity index (χ2n) is 4.01. The number of hydrogen-bond acceptors (Lipinski definition) is 2. The molecule has 2 rings (SSSR count). The summed E-state index contributed by atoms with van der Waals surface area (Å²) in [5.41, 5.74) is 5.72. The van der Waals surface area contributed by atoms with Crippen LogP contribution in [0, 0.1) is 23.0 Å². The van der Waals surface area contributed by atoms with Gasteiger partial charge in [-0.05, 0) is 17.7 Å². The number of allylic oxidation sites excluding steroid dienone is 1. The van der Waals surface area contributed by atoms with E-state index in [1.54, 1.807) is 30.3 Å². The van der Waals surface area contributed by atoms with Gasteiger partial charge in [0.05, 0.1) is 16.8 Å². The molecular formula is C15H9BrF2N2. The lowest BCUT2D eigenvalue weighted by molar-refractivity contribution is 0.575. The molecule has 0 saturated heterocycles. The maximum atomic E-state index is 13.9. The first kappa shape index (κ1) is 14.2. The molecule has 0 aliphatic heterocycles. The highest BCUT2D eigenvalue weighted by molar-refractivity contribution is 9.10. The van der Waals surface area contributed by atoms with E-state index in [1.807, 2.05) is 6.07 Å². The number of nitrogens with two attached hydrogens (primary N) is 1. The van der Waals surface area contributed by atoms with Gasteiger partial charge < -0.3 is 5.73 Å². The molecule has 0 saturated carbocycles. The smallest absolute Gasteiger partial charge is 0.136 e. The second kappa shape index (κ2) is 5.85. The minimum Gasteiger partial charge on any atom is -0.397 e.